The van der Waals surface area contributed by atoms with Crippen molar-refractivity contribution < 1.29 is 9.26 Å². The van der Waals surface area contributed by atoms with Crippen LogP contribution in [-0.4, -0.2) is 27.0 Å². The van der Waals surface area contributed by atoms with Crippen LogP contribution in [0.3, 0.4) is 0 Å². The van der Waals surface area contributed by atoms with E-state index in [1.54, 1.807) is 7.11 Å². The summed E-state index contributed by atoms with van der Waals surface area (Å²) < 4.78 is 12.3. The molecule has 0 aliphatic rings. The maximum absolute atomic E-state index is 5.31. The summed E-state index contributed by atoms with van der Waals surface area (Å²) in [5.74, 6) is 1.33. The van der Waals surface area contributed by atoms with Gasteiger partial charge in [0.05, 0.1) is 12.6 Å². The number of methoxy groups -OCH3 is 1. The summed E-state index contributed by atoms with van der Waals surface area (Å²) in [5.41, 5.74) is 2.92. The molecule has 4 aromatic rings. The molecule has 0 N–H and O–H groups in total. The number of nitrogens with zero attached hydrogens (tertiary/aromatic N) is 4. The first kappa shape index (κ1) is 13.5. The van der Waals surface area contributed by atoms with Crippen LogP contribution in [0.2, 0.25) is 0 Å². The molecule has 2 heterocycles. The molecule has 0 amide bonds. The topological polar surface area (TPSA) is 66.0 Å². The Kier molecular flexibility index (Phi) is 3.27. The molecule has 23 heavy (non-hydrogen) atoms. The van der Waals surface area contributed by atoms with E-state index in [0.29, 0.717) is 12.4 Å². The van der Waals surface area contributed by atoms with Crippen molar-refractivity contribution in [3.63, 3.8) is 0 Å². The molecule has 0 atom stereocenters. The summed E-state index contributed by atoms with van der Waals surface area (Å²) in [6.45, 7) is 0.435. The third-order valence-electron chi connectivity index (χ3n) is 3.69. The van der Waals surface area contributed by atoms with Gasteiger partial charge in [-0.1, -0.05) is 35.5 Å². The average Bonchev–Trinajstić information content (AvgIpc) is 3.24. The minimum atomic E-state index is 0.435. The molecule has 114 valence electrons. The summed E-state index contributed by atoms with van der Waals surface area (Å²) in [5, 5.41) is 9.46. The van der Waals surface area contributed by atoms with E-state index in [0.717, 1.165) is 27.9 Å². The molecule has 0 saturated carbocycles. The van der Waals surface area contributed by atoms with E-state index in [-0.39, 0.29) is 0 Å². The minimum absolute atomic E-state index is 0.435. The van der Waals surface area contributed by atoms with E-state index in [1.807, 2.05) is 47.1 Å². The zero-order chi connectivity index (χ0) is 15.6. The molecule has 4 rings (SSSR count). The maximum Gasteiger partial charge on any atom is 0.248 e. The first-order valence-corrected chi connectivity index (χ1v) is 7.20. The molecule has 6 nitrogen and oxygen atoms in total. The van der Waals surface area contributed by atoms with Crippen LogP contribution in [0, 0.1) is 0 Å². The van der Waals surface area contributed by atoms with Gasteiger partial charge in [0.15, 0.2) is 6.33 Å². The van der Waals surface area contributed by atoms with Crippen molar-refractivity contribution in [1.29, 1.82) is 0 Å². The fourth-order valence-electron chi connectivity index (χ4n) is 2.63. The highest BCUT2D eigenvalue weighted by Crippen LogP contribution is 2.30. The number of aromatic nitrogens is 4. The third kappa shape index (κ3) is 2.44. The van der Waals surface area contributed by atoms with Gasteiger partial charge in [0.1, 0.15) is 18.0 Å². The highest BCUT2D eigenvalue weighted by atomic mass is 16.5. The predicted molar refractivity (Wildman–Crippen MR) is 85.1 cm³/mol. The second kappa shape index (κ2) is 5.57. The lowest BCUT2D eigenvalue weighted by atomic mass is 10.1. The van der Waals surface area contributed by atoms with Gasteiger partial charge in [-0.3, -0.25) is 4.68 Å². The van der Waals surface area contributed by atoms with Gasteiger partial charge in [-0.15, -0.1) is 0 Å². The van der Waals surface area contributed by atoms with Crippen LogP contribution in [0.5, 0.6) is 5.75 Å². The van der Waals surface area contributed by atoms with Gasteiger partial charge in [0.25, 0.3) is 0 Å². The fourth-order valence-corrected chi connectivity index (χ4v) is 2.63. The highest BCUT2D eigenvalue weighted by molar-refractivity contribution is 5.93. The molecule has 6 heteroatoms. The van der Waals surface area contributed by atoms with Crippen molar-refractivity contribution in [1.82, 2.24) is 19.9 Å². The largest absolute Gasteiger partial charge is 0.497 e. The molecule has 0 fully saturated rings. The second-order valence-corrected chi connectivity index (χ2v) is 5.09. The van der Waals surface area contributed by atoms with Crippen LogP contribution in [0.1, 0.15) is 5.89 Å². The standard InChI is InChI=1S/C17H14N4O2/c1-22-13-6-4-5-12(9-13)17-14-7-2-3-8-15(14)21(20-17)10-16-18-11-19-23-16/h2-9,11H,10H2,1H3. The average molecular weight is 306 g/mol. The summed E-state index contributed by atoms with van der Waals surface area (Å²) in [6, 6.07) is 16.0. The van der Waals surface area contributed by atoms with Gasteiger partial charge >= 0.3 is 0 Å². The molecule has 0 bridgehead atoms. The van der Waals surface area contributed by atoms with Gasteiger partial charge in [0, 0.05) is 10.9 Å². The number of hydrogen-bond donors (Lipinski definition) is 0. The lowest BCUT2D eigenvalue weighted by Crippen LogP contribution is -2.01. The molecule has 0 unspecified atom stereocenters. The molecule has 0 aliphatic carbocycles. The van der Waals surface area contributed by atoms with E-state index in [1.165, 1.54) is 6.33 Å². The minimum Gasteiger partial charge on any atom is -0.497 e. The summed E-state index contributed by atoms with van der Waals surface area (Å²) in [7, 11) is 1.66. The normalized spacial score (nSPS) is 11.0. The van der Waals surface area contributed by atoms with Crippen LogP contribution in [0.4, 0.5) is 0 Å². The Morgan fingerprint density at radius 1 is 1.13 bits per heavy atom. The third-order valence-corrected chi connectivity index (χ3v) is 3.69. The Labute approximate surface area is 132 Å². The molecular weight excluding hydrogens is 292 g/mol. The van der Waals surface area contributed by atoms with Crippen molar-refractivity contribution in [2.45, 2.75) is 6.54 Å². The molecule has 0 spiro atoms. The van der Waals surface area contributed by atoms with Gasteiger partial charge in [-0.05, 0) is 18.2 Å². The second-order valence-electron chi connectivity index (χ2n) is 5.09. The van der Waals surface area contributed by atoms with Gasteiger partial charge in [-0.25, -0.2) is 0 Å². The Morgan fingerprint density at radius 2 is 2.04 bits per heavy atom. The van der Waals surface area contributed by atoms with Crippen LogP contribution in [0.15, 0.2) is 59.4 Å². The number of ether oxygens (including phenoxy) is 1. The first-order chi connectivity index (χ1) is 11.3. The smallest absolute Gasteiger partial charge is 0.248 e. The quantitative estimate of drug-likeness (QED) is 0.579. The van der Waals surface area contributed by atoms with Gasteiger partial charge in [0.2, 0.25) is 5.89 Å². The Morgan fingerprint density at radius 3 is 2.87 bits per heavy atom. The SMILES string of the molecule is COc1cccc(-c2nn(Cc3ncno3)c3ccccc23)c1. The van der Waals surface area contributed by atoms with Gasteiger partial charge < -0.3 is 9.26 Å². The Balaban J connectivity index is 1.86. The van der Waals surface area contributed by atoms with Crippen LogP contribution in [0.25, 0.3) is 22.2 Å². The Bertz CT molecular complexity index is 944. The molecule has 0 saturated heterocycles. The lowest BCUT2D eigenvalue weighted by molar-refractivity contribution is 0.367. The summed E-state index contributed by atoms with van der Waals surface area (Å²) >= 11 is 0. The van der Waals surface area contributed by atoms with Crippen LogP contribution >= 0.6 is 0 Å². The number of rotatable bonds is 4. The van der Waals surface area contributed by atoms with Crippen molar-refractivity contribution >= 4 is 10.9 Å². The van der Waals surface area contributed by atoms with Crippen molar-refractivity contribution in [3.8, 4) is 17.0 Å². The van der Waals surface area contributed by atoms with Crippen molar-refractivity contribution in [2.75, 3.05) is 7.11 Å². The first-order valence-electron chi connectivity index (χ1n) is 7.20. The maximum atomic E-state index is 5.31. The zero-order valence-corrected chi connectivity index (χ0v) is 12.5. The van der Waals surface area contributed by atoms with E-state index in [2.05, 4.69) is 16.2 Å². The molecular formula is C17H14N4O2. The van der Waals surface area contributed by atoms with Crippen LogP contribution in [-0.2, 0) is 6.54 Å². The lowest BCUT2D eigenvalue weighted by Gasteiger charge is -2.02. The predicted octanol–water partition coefficient (Wildman–Crippen LogP) is 3.14. The summed E-state index contributed by atoms with van der Waals surface area (Å²) in [4.78, 5) is 4.07. The van der Waals surface area contributed by atoms with E-state index >= 15 is 0 Å². The van der Waals surface area contributed by atoms with Crippen molar-refractivity contribution in [3.05, 3.63) is 60.7 Å². The van der Waals surface area contributed by atoms with Crippen LogP contribution < -0.4 is 4.74 Å². The molecule has 2 aromatic carbocycles. The molecule has 0 aliphatic heterocycles. The zero-order valence-electron chi connectivity index (χ0n) is 12.5. The van der Waals surface area contributed by atoms with Crippen molar-refractivity contribution in [2.24, 2.45) is 0 Å². The van der Waals surface area contributed by atoms with Gasteiger partial charge in [-0.2, -0.15) is 10.1 Å². The molecule has 0 radical (unpaired) electrons. The van der Waals surface area contributed by atoms with E-state index < -0.39 is 0 Å². The number of hydrogen-bond acceptors (Lipinski definition) is 5. The molecule has 2 aromatic heterocycles. The number of fused-ring (bicyclic) bond motifs is 1. The fraction of sp³-hybridized carbons (Fsp3) is 0.118. The summed E-state index contributed by atoms with van der Waals surface area (Å²) in [6.07, 6.45) is 1.39. The number of para-hydroxylation sites is 1. The van der Waals surface area contributed by atoms with E-state index in [9.17, 15) is 0 Å². The van der Waals surface area contributed by atoms with E-state index in [4.69, 9.17) is 14.4 Å². The number of benzene rings is 2. The highest BCUT2D eigenvalue weighted by Gasteiger charge is 2.14. The monoisotopic (exact) mass is 306 g/mol. The Hall–Kier alpha value is -3.15.